The van der Waals surface area contributed by atoms with Gasteiger partial charge in [0.15, 0.2) is 0 Å². The number of halogens is 2. The molecular formula is C21H40Cl2N3O10P. The van der Waals surface area contributed by atoms with Gasteiger partial charge >= 0.3 is 7.60 Å². The third-order valence-electron chi connectivity index (χ3n) is 3.60. The lowest BCUT2D eigenvalue weighted by molar-refractivity contribution is -0.870. The van der Waals surface area contributed by atoms with Gasteiger partial charge in [0, 0.05) is 6.54 Å². The van der Waals surface area contributed by atoms with Crippen LogP contribution in [0.2, 0.25) is 10.0 Å². The molecule has 1 aromatic rings. The van der Waals surface area contributed by atoms with Crippen molar-refractivity contribution in [2.75, 3.05) is 88.5 Å². The van der Waals surface area contributed by atoms with E-state index in [1.807, 2.05) is 5.32 Å². The second-order valence-corrected chi connectivity index (χ2v) is 11.8. The van der Waals surface area contributed by atoms with Gasteiger partial charge in [0.2, 0.25) is 0 Å². The number of aromatic carboxylic acids is 1. The molecule has 0 unspecified atom stereocenters. The second-order valence-electron chi connectivity index (χ2n) is 9.32. The minimum atomic E-state index is -4.12. The standard InChI is InChI=1S/C8H6Cl2O3.2C5H14NO.C3H8NO5P/c1-13-7-5(10)3-2-4(9)6(7)8(11)12;2*1-6(2,3)4-5-7;5-3(6)1-4-2-10(7,8)9/h2-3H,1H3,(H,11,12);2*7H,4-5H2,1-3H3;4H,1-2H2,(H,5,6)(H2,7,8,9)/q;2*+1;/p-2. The van der Waals surface area contributed by atoms with Crippen molar-refractivity contribution in [2.45, 2.75) is 0 Å². The molecule has 0 aliphatic rings. The number of nitrogens with zero attached hydrogens (tertiary/aromatic N) is 2. The Bertz CT molecular complexity index is 840. The molecular weight excluding hydrogens is 556 g/mol. The third kappa shape index (κ3) is 27.3. The smallest absolute Gasteiger partial charge is 0.339 e. The molecule has 0 heterocycles. The highest BCUT2D eigenvalue weighted by Crippen LogP contribution is 2.33. The van der Waals surface area contributed by atoms with Gasteiger partial charge in [-0.2, -0.15) is 0 Å². The average Bonchev–Trinajstić information content (AvgIpc) is 2.67. The summed E-state index contributed by atoms with van der Waals surface area (Å²) in [6, 6.07) is 2.83. The Balaban J connectivity index is -0.000000433. The minimum Gasteiger partial charge on any atom is -0.549 e. The third-order valence-corrected chi connectivity index (χ3v) is 4.84. The van der Waals surface area contributed by atoms with E-state index >= 15 is 0 Å². The summed E-state index contributed by atoms with van der Waals surface area (Å²) in [7, 11) is 9.50. The van der Waals surface area contributed by atoms with Crippen molar-refractivity contribution in [1.29, 1.82) is 0 Å². The van der Waals surface area contributed by atoms with Gasteiger partial charge in [-0.25, -0.2) is 0 Å². The zero-order valence-corrected chi connectivity index (χ0v) is 24.6. The maximum Gasteiger partial charge on any atom is 0.339 e. The summed E-state index contributed by atoms with van der Waals surface area (Å²) in [6.45, 7) is 1.68. The van der Waals surface area contributed by atoms with E-state index < -0.39 is 32.4 Å². The molecule has 218 valence electrons. The Labute approximate surface area is 228 Å². The number of methoxy groups -OCH3 is 1. The molecule has 16 heteroatoms. The number of carbonyl (C=O) groups is 2. The van der Waals surface area contributed by atoms with Crippen molar-refractivity contribution in [1.82, 2.24) is 5.32 Å². The number of likely N-dealkylation sites (N-methyl/N-ethyl adjacent to an activating group) is 2. The fourth-order valence-corrected chi connectivity index (χ4v) is 2.69. The average molecular weight is 596 g/mol. The van der Waals surface area contributed by atoms with E-state index in [4.69, 9.17) is 47.9 Å². The van der Waals surface area contributed by atoms with E-state index in [2.05, 4.69) is 42.3 Å². The van der Waals surface area contributed by atoms with Crippen molar-refractivity contribution < 1.29 is 58.1 Å². The summed E-state index contributed by atoms with van der Waals surface area (Å²) >= 11 is 11.3. The molecule has 0 aliphatic carbocycles. The van der Waals surface area contributed by atoms with Gasteiger partial charge in [0.05, 0.1) is 96.4 Å². The first-order chi connectivity index (χ1) is 16.6. The molecule has 0 bridgehead atoms. The van der Waals surface area contributed by atoms with E-state index in [0.717, 1.165) is 22.1 Å². The fourth-order valence-electron chi connectivity index (χ4n) is 1.83. The van der Waals surface area contributed by atoms with E-state index in [1.54, 1.807) is 0 Å². The van der Waals surface area contributed by atoms with Gasteiger partial charge in [-0.3, -0.25) is 4.57 Å². The van der Waals surface area contributed by atoms with Gasteiger partial charge in [0.1, 0.15) is 18.8 Å². The number of rotatable bonds is 10. The summed E-state index contributed by atoms with van der Waals surface area (Å²) in [5.41, 5.74) is -0.225. The molecule has 0 amide bonds. The zero-order valence-electron chi connectivity index (χ0n) is 22.2. The molecule has 13 nitrogen and oxygen atoms in total. The van der Waals surface area contributed by atoms with Crippen molar-refractivity contribution in [3.8, 4) is 5.75 Å². The first kappa shape index (κ1) is 40.0. The lowest BCUT2D eigenvalue weighted by Gasteiger charge is -2.21. The van der Waals surface area contributed by atoms with E-state index in [9.17, 15) is 24.4 Å². The van der Waals surface area contributed by atoms with Crippen LogP contribution in [0.3, 0.4) is 0 Å². The number of benzene rings is 1. The molecule has 5 N–H and O–H groups in total. The van der Waals surface area contributed by atoms with E-state index in [0.29, 0.717) is 0 Å². The van der Waals surface area contributed by atoms with Gasteiger partial charge in [-0.15, -0.1) is 0 Å². The molecule has 0 spiro atoms. The second kappa shape index (κ2) is 19.5. The van der Waals surface area contributed by atoms with Crippen LogP contribution in [0.4, 0.5) is 0 Å². The van der Waals surface area contributed by atoms with Crippen molar-refractivity contribution in [3.63, 3.8) is 0 Å². The molecule has 1 aromatic carbocycles. The topological polar surface area (TPSA) is 200 Å². The number of carbonyl (C=O) groups excluding carboxylic acids is 2. The van der Waals surface area contributed by atoms with Crippen molar-refractivity contribution >= 4 is 42.7 Å². The van der Waals surface area contributed by atoms with E-state index in [-0.39, 0.29) is 34.6 Å². The van der Waals surface area contributed by atoms with Crippen LogP contribution < -0.4 is 20.3 Å². The van der Waals surface area contributed by atoms with Crippen LogP contribution >= 0.6 is 30.8 Å². The van der Waals surface area contributed by atoms with Crippen LogP contribution in [-0.2, 0) is 9.36 Å². The monoisotopic (exact) mass is 595 g/mol. The van der Waals surface area contributed by atoms with E-state index in [1.165, 1.54) is 19.2 Å². The highest BCUT2D eigenvalue weighted by atomic mass is 35.5. The molecule has 37 heavy (non-hydrogen) atoms. The van der Waals surface area contributed by atoms with Crippen LogP contribution in [0.1, 0.15) is 10.4 Å². The number of carboxylic acids is 2. The molecule has 0 saturated carbocycles. The van der Waals surface area contributed by atoms with Gasteiger partial charge < -0.3 is 58.8 Å². The van der Waals surface area contributed by atoms with Crippen LogP contribution in [0, 0.1) is 0 Å². The number of aliphatic hydroxyl groups is 2. The van der Waals surface area contributed by atoms with Crippen LogP contribution in [0.5, 0.6) is 5.75 Å². The molecule has 0 aromatic heterocycles. The lowest BCUT2D eigenvalue weighted by Crippen LogP contribution is -2.36. The van der Waals surface area contributed by atoms with Crippen LogP contribution in [-0.4, -0.2) is 129 Å². The predicted octanol–water partition coefficient (Wildman–Crippen LogP) is -1.80. The Morgan fingerprint density at radius 3 is 1.57 bits per heavy atom. The first-order valence-corrected chi connectivity index (χ1v) is 13.2. The predicted molar refractivity (Wildman–Crippen MR) is 137 cm³/mol. The number of hydrogen-bond acceptors (Lipinski definition) is 9. The SMILES string of the molecule is COc1c(Cl)ccc(Cl)c1C(=O)[O-].C[N+](C)(C)CCO.C[N+](C)(C)CCO.O=C([O-])CNCP(=O)(O)O. The Kier molecular flexibility index (Phi) is 21.1. The number of aliphatic carboxylic acids is 1. The zero-order chi connectivity index (χ0) is 30.0. The fraction of sp³-hybridized carbons (Fsp3) is 0.619. The molecule has 0 atom stereocenters. The largest absolute Gasteiger partial charge is 0.549 e. The molecule has 0 aliphatic heterocycles. The Hall–Kier alpha value is -1.51. The molecule has 1 rings (SSSR count). The summed E-state index contributed by atoms with van der Waals surface area (Å²) in [5, 5.41) is 39.3. The summed E-state index contributed by atoms with van der Waals surface area (Å²) in [4.78, 5) is 36.6. The Morgan fingerprint density at radius 1 is 0.946 bits per heavy atom. The quantitative estimate of drug-likeness (QED) is 0.151. The maximum atomic E-state index is 10.6. The Morgan fingerprint density at radius 2 is 1.35 bits per heavy atom. The number of aliphatic hydroxyl groups excluding tert-OH is 2. The van der Waals surface area contributed by atoms with Gasteiger partial charge in [-0.05, 0) is 12.1 Å². The summed E-state index contributed by atoms with van der Waals surface area (Å²) < 4.78 is 16.5. The highest BCUT2D eigenvalue weighted by Gasteiger charge is 2.12. The first-order valence-electron chi connectivity index (χ1n) is 10.6. The van der Waals surface area contributed by atoms with Crippen molar-refractivity contribution in [2.24, 2.45) is 0 Å². The highest BCUT2D eigenvalue weighted by molar-refractivity contribution is 7.51. The minimum absolute atomic E-state index is 0.0224. The van der Waals surface area contributed by atoms with Crippen molar-refractivity contribution in [3.05, 3.63) is 27.7 Å². The molecule has 0 radical (unpaired) electrons. The molecule has 0 fully saturated rings. The maximum absolute atomic E-state index is 10.6. The van der Waals surface area contributed by atoms with Gasteiger partial charge in [-0.1, -0.05) is 23.2 Å². The summed E-state index contributed by atoms with van der Waals surface area (Å²) in [5.74, 6) is -2.79. The van der Waals surface area contributed by atoms with Crippen LogP contribution in [0.15, 0.2) is 12.1 Å². The number of ether oxygens (including phenoxy) is 1. The van der Waals surface area contributed by atoms with Crippen LogP contribution in [0.25, 0.3) is 0 Å². The number of nitrogens with one attached hydrogen (secondary N) is 1. The summed E-state index contributed by atoms with van der Waals surface area (Å²) in [6.07, 6.45) is -0.638. The number of hydrogen-bond donors (Lipinski definition) is 5. The molecule has 0 saturated heterocycles. The number of quaternary nitrogens is 2. The lowest BCUT2D eigenvalue weighted by atomic mass is 10.2. The normalized spacial score (nSPS) is 11.1. The number of carboxylic acid groups (broad SMARTS) is 2. The van der Waals surface area contributed by atoms with Gasteiger partial charge in [0.25, 0.3) is 0 Å².